The molecule has 2 unspecified atom stereocenters. The van der Waals surface area contributed by atoms with Gasteiger partial charge >= 0.3 is 6.03 Å². The minimum atomic E-state index is 0.0763. The Bertz CT molecular complexity index is 555. The van der Waals surface area contributed by atoms with E-state index in [-0.39, 0.29) is 12.1 Å². The summed E-state index contributed by atoms with van der Waals surface area (Å²) in [6.07, 6.45) is 2.37. The molecule has 2 saturated heterocycles. The van der Waals surface area contributed by atoms with E-state index >= 15 is 0 Å². The van der Waals surface area contributed by atoms with E-state index in [0.29, 0.717) is 24.5 Å². The summed E-state index contributed by atoms with van der Waals surface area (Å²) in [4.78, 5) is 16.5. The molecule has 5 nitrogen and oxygen atoms in total. The van der Waals surface area contributed by atoms with Crippen molar-refractivity contribution >= 4 is 6.03 Å². The van der Waals surface area contributed by atoms with Gasteiger partial charge < -0.3 is 15.0 Å². The molecule has 2 fully saturated rings. The van der Waals surface area contributed by atoms with E-state index in [2.05, 4.69) is 24.1 Å². The van der Waals surface area contributed by atoms with Gasteiger partial charge in [0.2, 0.25) is 0 Å². The van der Waals surface area contributed by atoms with Crippen molar-refractivity contribution in [2.24, 2.45) is 5.92 Å². The SMILES string of the molecule is CCNC(=O)N1CCC(C2C(Oc3ccccc3)CN2C(C)C)CC1. The number of piperidine rings is 1. The molecule has 2 heterocycles. The molecule has 138 valence electrons. The van der Waals surface area contributed by atoms with Crippen LogP contribution in [0.4, 0.5) is 4.79 Å². The molecule has 2 aliphatic rings. The maximum absolute atomic E-state index is 12.0. The van der Waals surface area contributed by atoms with E-state index < -0.39 is 0 Å². The highest BCUT2D eigenvalue weighted by Gasteiger charge is 2.47. The number of benzene rings is 1. The third-order valence-corrected chi connectivity index (χ3v) is 5.49. The molecule has 2 amide bonds. The van der Waals surface area contributed by atoms with Crippen LogP contribution in [0, 0.1) is 5.92 Å². The third-order valence-electron chi connectivity index (χ3n) is 5.49. The summed E-state index contributed by atoms with van der Waals surface area (Å²) >= 11 is 0. The first-order chi connectivity index (χ1) is 12.1. The average molecular weight is 345 g/mol. The van der Waals surface area contributed by atoms with Crippen LogP contribution in [0.15, 0.2) is 30.3 Å². The van der Waals surface area contributed by atoms with Crippen LogP contribution < -0.4 is 10.1 Å². The number of ether oxygens (including phenoxy) is 1. The fourth-order valence-corrected chi connectivity index (χ4v) is 4.13. The molecule has 5 heteroatoms. The predicted molar refractivity (Wildman–Crippen MR) is 99.9 cm³/mol. The molecule has 25 heavy (non-hydrogen) atoms. The first-order valence-electron chi connectivity index (χ1n) is 9.60. The molecular formula is C20H31N3O2. The molecule has 1 N–H and O–H groups in total. The van der Waals surface area contributed by atoms with Gasteiger partial charge in [-0.15, -0.1) is 0 Å². The van der Waals surface area contributed by atoms with Crippen molar-refractivity contribution in [3.8, 4) is 5.75 Å². The van der Waals surface area contributed by atoms with E-state index in [1.54, 1.807) is 0 Å². The number of rotatable bonds is 5. The number of amides is 2. The number of para-hydroxylation sites is 1. The van der Waals surface area contributed by atoms with Crippen molar-refractivity contribution < 1.29 is 9.53 Å². The van der Waals surface area contributed by atoms with Crippen molar-refractivity contribution in [2.45, 2.75) is 51.8 Å². The molecule has 0 aromatic heterocycles. The zero-order valence-corrected chi connectivity index (χ0v) is 15.6. The minimum Gasteiger partial charge on any atom is -0.487 e. The lowest BCUT2D eigenvalue weighted by molar-refractivity contribution is -0.0981. The van der Waals surface area contributed by atoms with Crippen LogP contribution in [0.25, 0.3) is 0 Å². The van der Waals surface area contributed by atoms with Crippen LogP contribution in [0.2, 0.25) is 0 Å². The Balaban J connectivity index is 1.60. The Kier molecular flexibility index (Phi) is 5.84. The van der Waals surface area contributed by atoms with Crippen molar-refractivity contribution in [1.29, 1.82) is 0 Å². The van der Waals surface area contributed by atoms with Gasteiger partial charge in [-0.05, 0) is 51.7 Å². The Labute approximate surface area is 151 Å². The molecule has 0 aliphatic carbocycles. The minimum absolute atomic E-state index is 0.0763. The maximum Gasteiger partial charge on any atom is 0.317 e. The lowest BCUT2D eigenvalue weighted by Crippen LogP contribution is -2.68. The molecule has 0 spiro atoms. The van der Waals surface area contributed by atoms with Crippen LogP contribution in [-0.4, -0.2) is 60.2 Å². The van der Waals surface area contributed by atoms with Crippen LogP contribution in [0.3, 0.4) is 0 Å². The van der Waals surface area contributed by atoms with Crippen molar-refractivity contribution in [1.82, 2.24) is 15.1 Å². The lowest BCUT2D eigenvalue weighted by Gasteiger charge is -2.54. The van der Waals surface area contributed by atoms with Crippen molar-refractivity contribution in [3.05, 3.63) is 30.3 Å². The molecule has 1 aromatic carbocycles. The largest absolute Gasteiger partial charge is 0.487 e. The van der Waals surface area contributed by atoms with Gasteiger partial charge in [0.05, 0.1) is 6.04 Å². The number of hydrogen-bond acceptors (Lipinski definition) is 3. The normalized spacial score (nSPS) is 24.9. The zero-order valence-electron chi connectivity index (χ0n) is 15.6. The van der Waals surface area contributed by atoms with Gasteiger partial charge in [-0.3, -0.25) is 4.90 Å². The summed E-state index contributed by atoms with van der Waals surface area (Å²) in [5.41, 5.74) is 0. The van der Waals surface area contributed by atoms with Crippen molar-refractivity contribution in [2.75, 3.05) is 26.2 Å². The van der Waals surface area contributed by atoms with Crippen LogP contribution in [0.1, 0.15) is 33.6 Å². The number of nitrogens with one attached hydrogen (secondary N) is 1. The van der Waals surface area contributed by atoms with E-state index in [0.717, 1.165) is 38.2 Å². The van der Waals surface area contributed by atoms with Crippen LogP contribution >= 0.6 is 0 Å². The summed E-state index contributed by atoms with van der Waals surface area (Å²) in [5.74, 6) is 1.55. The van der Waals surface area contributed by atoms with Gasteiger partial charge in [0.15, 0.2) is 0 Å². The molecule has 2 atom stereocenters. The topological polar surface area (TPSA) is 44.8 Å². The first-order valence-corrected chi connectivity index (χ1v) is 9.60. The molecule has 2 aliphatic heterocycles. The van der Waals surface area contributed by atoms with Crippen molar-refractivity contribution in [3.63, 3.8) is 0 Å². The average Bonchev–Trinajstić information content (AvgIpc) is 2.59. The fourth-order valence-electron chi connectivity index (χ4n) is 4.13. The molecule has 1 aromatic rings. The lowest BCUT2D eigenvalue weighted by atomic mass is 9.79. The summed E-state index contributed by atoms with van der Waals surface area (Å²) in [7, 11) is 0. The Morgan fingerprint density at radius 3 is 2.52 bits per heavy atom. The smallest absolute Gasteiger partial charge is 0.317 e. The predicted octanol–water partition coefficient (Wildman–Crippen LogP) is 2.97. The second-order valence-corrected chi connectivity index (χ2v) is 7.41. The number of carbonyl (C=O) groups excluding carboxylic acids is 1. The van der Waals surface area contributed by atoms with E-state index in [9.17, 15) is 4.79 Å². The van der Waals surface area contributed by atoms with Gasteiger partial charge in [-0.2, -0.15) is 0 Å². The Morgan fingerprint density at radius 2 is 1.92 bits per heavy atom. The van der Waals surface area contributed by atoms with Gasteiger partial charge in [-0.1, -0.05) is 18.2 Å². The highest BCUT2D eigenvalue weighted by atomic mass is 16.5. The number of likely N-dealkylation sites (tertiary alicyclic amines) is 2. The van der Waals surface area contributed by atoms with Gasteiger partial charge in [-0.25, -0.2) is 4.79 Å². The highest BCUT2D eigenvalue weighted by Crippen LogP contribution is 2.35. The number of urea groups is 1. The number of hydrogen-bond donors (Lipinski definition) is 1. The van der Waals surface area contributed by atoms with Gasteiger partial charge in [0, 0.05) is 32.2 Å². The summed E-state index contributed by atoms with van der Waals surface area (Å²) < 4.78 is 6.27. The molecule has 0 radical (unpaired) electrons. The van der Waals surface area contributed by atoms with E-state index in [4.69, 9.17) is 4.74 Å². The van der Waals surface area contributed by atoms with E-state index in [1.807, 2.05) is 42.2 Å². The summed E-state index contributed by atoms with van der Waals surface area (Å²) in [6, 6.07) is 11.2. The maximum atomic E-state index is 12.0. The third kappa shape index (κ3) is 4.09. The summed E-state index contributed by atoms with van der Waals surface area (Å²) in [6.45, 7) is 9.85. The zero-order chi connectivity index (χ0) is 17.8. The quantitative estimate of drug-likeness (QED) is 0.892. The summed E-state index contributed by atoms with van der Waals surface area (Å²) in [5, 5.41) is 2.91. The molecule has 3 rings (SSSR count). The highest BCUT2D eigenvalue weighted by molar-refractivity contribution is 5.74. The fraction of sp³-hybridized carbons (Fsp3) is 0.650. The molecule has 0 saturated carbocycles. The number of carbonyl (C=O) groups is 1. The Hall–Kier alpha value is -1.75. The van der Waals surface area contributed by atoms with Crippen LogP contribution in [-0.2, 0) is 0 Å². The first kappa shape index (κ1) is 18.1. The second-order valence-electron chi connectivity index (χ2n) is 7.41. The second kappa shape index (κ2) is 8.09. The number of nitrogens with zero attached hydrogens (tertiary/aromatic N) is 2. The molecule has 0 bridgehead atoms. The van der Waals surface area contributed by atoms with Gasteiger partial charge in [0.1, 0.15) is 11.9 Å². The standard InChI is InChI=1S/C20H31N3O2/c1-4-21-20(24)22-12-10-16(11-13-22)19-18(14-23(19)15(2)3)25-17-8-6-5-7-9-17/h5-9,15-16,18-19H,4,10-14H2,1-3H3,(H,21,24). The Morgan fingerprint density at radius 1 is 1.24 bits per heavy atom. The van der Waals surface area contributed by atoms with Crippen LogP contribution in [0.5, 0.6) is 5.75 Å². The monoisotopic (exact) mass is 345 g/mol. The van der Waals surface area contributed by atoms with E-state index in [1.165, 1.54) is 0 Å². The molecular weight excluding hydrogens is 314 g/mol. The van der Waals surface area contributed by atoms with Gasteiger partial charge in [0.25, 0.3) is 0 Å².